The zero-order chi connectivity index (χ0) is 23.2. The third-order valence-electron chi connectivity index (χ3n) is 4.33. The van der Waals surface area contributed by atoms with Crippen molar-refractivity contribution < 1.29 is 27.6 Å². The van der Waals surface area contributed by atoms with Crippen molar-refractivity contribution in [2.24, 2.45) is 0 Å². The summed E-state index contributed by atoms with van der Waals surface area (Å²) in [6.45, 7) is 5.38. The highest BCUT2D eigenvalue weighted by molar-refractivity contribution is 7.89. The average molecular weight is 452 g/mol. The van der Waals surface area contributed by atoms with Gasteiger partial charge in [-0.1, -0.05) is 6.07 Å². The predicted octanol–water partition coefficient (Wildman–Crippen LogP) is 2.96. The second-order valence-electron chi connectivity index (χ2n) is 6.49. The molecule has 0 aliphatic heterocycles. The lowest BCUT2D eigenvalue weighted by Crippen LogP contribution is -2.35. The van der Waals surface area contributed by atoms with Gasteiger partial charge in [-0.3, -0.25) is 14.9 Å². The average Bonchev–Trinajstić information content (AvgIpc) is 2.70. The molecule has 0 bridgehead atoms. The fourth-order valence-corrected chi connectivity index (χ4v) is 4.23. The van der Waals surface area contributed by atoms with Crippen LogP contribution < -0.4 is 14.8 Å². The zero-order valence-electron chi connectivity index (χ0n) is 17.7. The van der Waals surface area contributed by atoms with Gasteiger partial charge in [0.25, 0.3) is 5.69 Å². The predicted molar refractivity (Wildman–Crippen MR) is 115 cm³/mol. The SMILES string of the molecule is CCOc1ccc(NC(=O)CN(C)S(=O)(=O)c2cccc([N+](=O)[O-])c2C)cc1OCC. The van der Waals surface area contributed by atoms with Crippen LogP contribution in [0.3, 0.4) is 0 Å². The van der Waals surface area contributed by atoms with Crippen LogP contribution in [-0.2, 0) is 14.8 Å². The number of hydrogen-bond acceptors (Lipinski definition) is 7. The van der Waals surface area contributed by atoms with E-state index in [2.05, 4.69) is 5.32 Å². The molecule has 0 radical (unpaired) electrons. The van der Waals surface area contributed by atoms with E-state index in [1.165, 1.54) is 32.2 Å². The van der Waals surface area contributed by atoms with Crippen LogP contribution in [-0.4, -0.2) is 50.4 Å². The summed E-state index contributed by atoms with van der Waals surface area (Å²) in [5.74, 6) is 0.402. The molecule has 11 heteroatoms. The molecule has 0 fully saturated rings. The van der Waals surface area contributed by atoms with Gasteiger partial charge in [-0.05, 0) is 39.0 Å². The lowest BCUT2D eigenvalue weighted by molar-refractivity contribution is -0.385. The Labute approximate surface area is 181 Å². The Morgan fingerprint density at radius 3 is 2.39 bits per heavy atom. The monoisotopic (exact) mass is 451 g/mol. The van der Waals surface area contributed by atoms with Gasteiger partial charge in [0.1, 0.15) is 0 Å². The van der Waals surface area contributed by atoms with E-state index >= 15 is 0 Å². The van der Waals surface area contributed by atoms with Gasteiger partial charge in [0.05, 0.1) is 29.6 Å². The molecule has 2 aromatic rings. The summed E-state index contributed by atoms with van der Waals surface area (Å²) in [5.41, 5.74) is 0.110. The fourth-order valence-electron chi connectivity index (χ4n) is 2.86. The standard InChI is InChI=1S/C20H25N3O7S/c1-5-29-17-11-10-15(12-18(17)30-6-2)21-20(24)13-22(4)31(27,28)19-9-7-8-16(14(19)3)23(25)26/h7-12H,5-6,13H2,1-4H3,(H,21,24). The number of ether oxygens (including phenoxy) is 2. The summed E-state index contributed by atoms with van der Waals surface area (Å²) in [6, 6.07) is 8.64. The third-order valence-corrected chi connectivity index (χ3v) is 6.28. The molecule has 0 aromatic heterocycles. The molecule has 0 spiro atoms. The van der Waals surface area contributed by atoms with Crippen molar-refractivity contribution in [2.75, 3.05) is 32.1 Å². The normalized spacial score (nSPS) is 11.3. The number of nitro benzene ring substituents is 1. The minimum absolute atomic E-state index is 0.00706. The maximum absolute atomic E-state index is 12.9. The molecular weight excluding hydrogens is 426 g/mol. The van der Waals surface area contributed by atoms with Crippen molar-refractivity contribution in [3.8, 4) is 11.5 Å². The summed E-state index contributed by atoms with van der Waals surface area (Å²) in [4.78, 5) is 22.7. The maximum Gasteiger partial charge on any atom is 0.273 e. The first-order valence-electron chi connectivity index (χ1n) is 9.51. The van der Waals surface area contributed by atoms with Gasteiger partial charge in [0.2, 0.25) is 15.9 Å². The summed E-state index contributed by atoms with van der Waals surface area (Å²) in [6.07, 6.45) is 0. The second-order valence-corrected chi connectivity index (χ2v) is 8.51. The number of nitro groups is 1. The number of rotatable bonds is 10. The molecule has 0 aliphatic carbocycles. The minimum atomic E-state index is -4.12. The smallest absolute Gasteiger partial charge is 0.273 e. The van der Waals surface area contributed by atoms with Crippen LogP contribution in [0, 0.1) is 17.0 Å². The molecular formula is C20H25N3O7S. The summed E-state index contributed by atoms with van der Waals surface area (Å²) in [7, 11) is -2.89. The first kappa shape index (κ1) is 24.1. The molecule has 2 aromatic carbocycles. The number of carbonyl (C=O) groups excluding carboxylic acids is 1. The van der Waals surface area contributed by atoms with E-state index in [9.17, 15) is 23.3 Å². The van der Waals surface area contributed by atoms with E-state index in [1.807, 2.05) is 13.8 Å². The fraction of sp³-hybridized carbons (Fsp3) is 0.350. The van der Waals surface area contributed by atoms with Gasteiger partial charge >= 0.3 is 0 Å². The molecule has 10 nitrogen and oxygen atoms in total. The first-order valence-corrected chi connectivity index (χ1v) is 11.0. The van der Waals surface area contributed by atoms with Crippen molar-refractivity contribution in [3.63, 3.8) is 0 Å². The molecule has 31 heavy (non-hydrogen) atoms. The molecule has 0 saturated heterocycles. The number of hydrogen-bond donors (Lipinski definition) is 1. The van der Waals surface area contributed by atoms with Crippen LogP contribution in [0.5, 0.6) is 11.5 Å². The van der Waals surface area contributed by atoms with Gasteiger partial charge in [0.15, 0.2) is 11.5 Å². The van der Waals surface area contributed by atoms with E-state index in [4.69, 9.17) is 9.47 Å². The first-order chi connectivity index (χ1) is 14.6. The van der Waals surface area contributed by atoms with Crippen LogP contribution in [0.25, 0.3) is 0 Å². The maximum atomic E-state index is 12.9. The third kappa shape index (κ3) is 5.70. The Hall–Kier alpha value is -3.18. The number of sulfonamides is 1. The molecule has 0 aliphatic rings. The van der Waals surface area contributed by atoms with Crippen molar-refractivity contribution >= 4 is 27.3 Å². The number of nitrogens with one attached hydrogen (secondary N) is 1. The Kier molecular flexibility index (Phi) is 7.95. The van der Waals surface area contributed by atoms with Crippen molar-refractivity contribution in [3.05, 3.63) is 52.1 Å². The van der Waals surface area contributed by atoms with E-state index in [0.29, 0.717) is 30.4 Å². The van der Waals surface area contributed by atoms with E-state index in [1.54, 1.807) is 18.2 Å². The Bertz CT molecular complexity index is 1070. The van der Waals surface area contributed by atoms with E-state index in [-0.39, 0.29) is 16.1 Å². The molecule has 168 valence electrons. The number of carbonyl (C=O) groups is 1. The Balaban J connectivity index is 2.18. The summed E-state index contributed by atoms with van der Waals surface area (Å²) in [5, 5.41) is 13.7. The molecule has 0 heterocycles. The highest BCUT2D eigenvalue weighted by atomic mass is 32.2. The number of nitrogens with zero attached hydrogens (tertiary/aromatic N) is 2. The van der Waals surface area contributed by atoms with Crippen molar-refractivity contribution in [2.45, 2.75) is 25.7 Å². The van der Waals surface area contributed by atoms with Gasteiger partial charge in [-0.2, -0.15) is 4.31 Å². The van der Waals surface area contributed by atoms with Crippen LogP contribution >= 0.6 is 0 Å². The number of likely N-dealkylation sites (N-methyl/N-ethyl adjacent to an activating group) is 1. The number of anilines is 1. The quantitative estimate of drug-likeness (QED) is 0.434. The molecule has 1 amide bonds. The summed E-state index contributed by atoms with van der Waals surface area (Å²) >= 11 is 0. The molecule has 0 saturated carbocycles. The van der Waals surface area contributed by atoms with Crippen LogP contribution in [0.4, 0.5) is 11.4 Å². The van der Waals surface area contributed by atoms with Gasteiger partial charge in [0, 0.05) is 30.4 Å². The van der Waals surface area contributed by atoms with Gasteiger partial charge in [-0.15, -0.1) is 0 Å². The highest BCUT2D eigenvalue weighted by Gasteiger charge is 2.28. The van der Waals surface area contributed by atoms with Crippen molar-refractivity contribution in [1.29, 1.82) is 0 Å². The Morgan fingerprint density at radius 2 is 1.77 bits per heavy atom. The molecule has 2 rings (SSSR count). The van der Waals surface area contributed by atoms with Crippen LogP contribution in [0.1, 0.15) is 19.4 Å². The molecule has 0 atom stereocenters. The van der Waals surface area contributed by atoms with E-state index < -0.39 is 27.4 Å². The topological polar surface area (TPSA) is 128 Å². The molecule has 1 N–H and O–H groups in total. The lowest BCUT2D eigenvalue weighted by atomic mass is 10.2. The van der Waals surface area contributed by atoms with Crippen LogP contribution in [0.2, 0.25) is 0 Å². The Morgan fingerprint density at radius 1 is 1.13 bits per heavy atom. The zero-order valence-corrected chi connectivity index (χ0v) is 18.6. The van der Waals surface area contributed by atoms with Crippen molar-refractivity contribution in [1.82, 2.24) is 4.31 Å². The van der Waals surface area contributed by atoms with Gasteiger partial charge < -0.3 is 14.8 Å². The number of amides is 1. The minimum Gasteiger partial charge on any atom is -0.490 e. The van der Waals surface area contributed by atoms with E-state index in [0.717, 1.165) is 4.31 Å². The lowest BCUT2D eigenvalue weighted by Gasteiger charge is -2.18. The van der Waals surface area contributed by atoms with Gasteiger partial charge in [-0.25, -0.2) is 8.42 Å². The second kappa shape index (κ2) is 10.2. The number of benzene rings is 2. The summed E-state index contributed by atoms with van der Waals surface area (Å²) < 4.78 is 37.5. The largest absolute Gasteiger partial charge is 0.490 e. The van der Waals surface area contributed by atoms with Crippen LogP contribution in [0.15, 0.2) is 41.3 Å². The molecule has 0 unspecified atom stereocenters. The highest BCUT2D eigenvalue weighted by Crippen LogP contribution is 2.31.